The highest BCUT2D eigenvalue weighted by Crippen LogP contribution is 2.42. The van der Waals surface area contributed by atoms with Crippen LogP contribution in [0.15, 0.2) is 75.9 Å². The number of carbonyl (C=O) groups is 2. The predicted molar refractivity (Wildman–Crippen MR) is 143 cm³/mol. The number of furan rings is 1. The molecule has 0 saturated carbocycles. The molecule has 0 spiro atoms. The second-order valence-electron chi connectivity index (χ2n) is 8.56. The average molecular weight is 540 g/mol. The Kier molecular flexibility index (Phi) is 8.10. The van der Waals surface area contributed by atoms with Crippen molar-refractivity contribution in [2.75, 3.05) is 4.90 Å². The van der Waals surface area contributed by atoms with Crippen LogP contribution in [0.3, 0.4) is 0 Å². The first-order chi connectivity index (χ1) is 17.3. The second kappa shape index (κ2) is 11.3. The molecule has 1 N–H and O–H groups in total. The quantitative estimate of drug-likeness (QED) is 0.275. The number of nitrogens with one attached hydrogen (secondary N) is 1. The van der Waals surface area contributed by atoms with Gasteiger partial charge in [0.2, 0.25) is 5.91 Å². The van der Waals surface area contributed by atoms with E-state index in [1.165, 1.54) is 22.9 Å². The zero-order valence-electron chi connectivity index (χ0n) is 19.6. The Balaban J connectivity index is 1.70. The molecule has 2 heterocycles. The third-order valence-electron chi connectivity index (χ3n) is 5.67. The maximum Gasteiger partial charge on any atom is 0.265 e. The number of nitriles is 1. The maximum atomic E-state index is 13.6. The van der Waals surface area contributed by atoms with Crippen LogP contribution in [-0.2, 0) is 22.6 Å². The Labute approximate surface area is 223 Å². The molecule has 1 saturated heterocycles. The third-order valence-corrected chi connectivity index (χ3v) is 7.37. The predicted octanol–water partition coefficient (Wildman–Crippen LogP) is 6.45. The molecule has 9 heteroatoms. The van der Waals surface area contributed by atoms with Gasteiger partial charge in [0.15, 0.2) is 0 Å². The molecule has 1 unspecified atom stereocenters. The number of anilines is 1. The summed E-state index contributed by atoms with van der Waals surface area (Å²) in [6.45, 7) is 4.29. The fourth-order valence-electron chi connectivity index (χ4n) is 3.84. The molecule has 1 fully saturated rings. The van der Waals surface area contributed by atoms with Crippen molar-refractivity contribution < 1.29 is 14.0 Å². The monoisotopic (exact) mass is 539 g/mol. The van der Waals surface area contributed by atoms with Gasteiger partial charge >= 0.3 is 0 Å². The van der Waals surface area contributed by atoms with E-state index in [1.807, 2.05) is 30.3 Å². The summed E-state index contributed by atoms with van der Waals surface area (Å²) in [7, 11) is 0. The Morgan fingerprint density at radius 3 is 2.44 bits per heavy atom. The first-order valence-electron chi connectivity index (χ1n) is 11.3. The van der Waals surface area contributed by atoms with Gasteiger partial charge < -0.3 is 9.73 Å². The van der Waals surface area contributed by atoms with Crippen LogP contribution in [0.25, 0.3) is 0 Å². The van der Waals surface area contributed by atoms with Crippen molar-refractivity contribution in [3.63, 3.8) is 0 Å². The van der Waals surface area contributed by atoms with Crippen LogP contribution in [0.5, 0.6) is 0 Å². The molecule has 1 aliphatic rings. The van der Waals surface area contributed by atoms with Crippen molar-refractivity contribution in [3.05, 3.63) is 98.4 Å². The molecule has 4 rings (SSSR count). The number of nitrogens with zero attached hydrogens (tertiary/aromatic N) is 2. The summed E-state index contributed by atoms with van der Waals surface area (Å²) in [5.41, 5.74) is 2.35. The number of halogens is 2. The van der Waals surface area contributed by atoms with E-state index >= 15 is 0 Å². The molecular weight excluding hydrogens is 517 g/mol. The lowest BCUT2D eigenvalue weighted by Crippen LogP contribution is -2.32. The molecule has 3 aromatic rings. The number of benzene rings is 2. The van der Waals surface area contributed by atoms with Gasteiger partial charge in [-0.15, -0.1) is 0 Å². The average Bonchev–Trinajstić information content (AvgIpc) is 3.46. The van der Waals surface area contributed by atoms with E-state index in [9.17, 15) is 14.9 Å². The van der Waals surface area contributed by atoms with Gasteiger partial charge in [0.25, 0.3) is 5.91 Å². The lowest BCUT2D eigenvalue weighted by molar-refractivity contribution is -0.117. The van der Waals surface area contributed by atoms with Gasteiger partial charge in [-0.1, -0.05) is 60.9 Å². The molecule has 0 aliphatic carbocycles. The molecule has 0 radical (unpaired) electrons. The van der Waals surface area contributed by atoms with E-state index < -0.39 is 11.2 Å². The van der Waals surface area contributed by atoms with Crippen molar-refractivity contribution in [2.45, 2.75) is 38.0 Å². The molecule has 1 aliphatic heterocycles. The van der Waals surface area contributed by atoms with Crippen LogP contribution in [0, 0.1) is 11.3 Å². The highest BCUT2D eigenvalue weighted by Gasteiger charge is 2.41. The number of carbonyl (C=O) groups excluding carboxylic acids is 2. The minimum absolute atomic E-state index is 0.121. The van der Waals surface area contributed by atoms with Gasteiger partial charge in [-0.25, -0.2) is 0 Å². The smallest absolute Gasteiger partial charge is 0.265 e. The largest absolute Gasteiger partial charge is 0.467 e. The number of rotatable bonds is 7. The lowest BCUT2D eigenvalue weighted by Gasteiger charge is -2.19. The number of thioether (sulfide) groups is 1. The number of hydrogen-bond acceptors (Lipinski definition) is 5. The fraction of sp³-hybridized carbons (Fsp3) is 0.222. The van der Waals surface area contributed by atoms with Crippen molar-refractivity contribution in [1.29, 1.82) is 5.26 Å². The molecule has 184 valence electrons. The summed E-state index contributed by atoms with van der Waals surface area (Å²) >= 11 is 13.5. The van der Waals surface area contributed by atoms with Gasteiger partial charge in [-0.2, -0.15) is 5.26 Å². The van der Waals surface area contributed by atoms with Gasteiger partial charge in [0, 0.05) is 15.7 Å². The zero-order chi connectivity index (χ0) is 25.8. The molecule has 2 amide bonds. The van der Waals surface area contributed by atoms with Crippen LogP contribution < -0.4 is 10.2 Å². The molecule has 36 heavy (non-hydrogen) atoms. The lowest BCUT2D eigenvalue weighted by atomic mass is 10.0. The minimum atomic E-state index is -0.584. The Morgan fingerprint density at radius 1 is 1.17 bits per heavy atom. The topological polar surface area (TPSA) is 86.3 Å². The Morgan fingerprint density at radius 2 is 1.86 bits per heavy atom. The molecule has 0 bridgehead atoms. The molecule has 2 aromatic carbocycles. The first kappa shape index (κ1) is 25.9. The maximum absolute atomic E-state index is 13.6. The summed E-state index contributed by atoms with van der Waals surface area (Å²) < 4.78 is 5.26. The summed E-state index contributed by atoms with van der Waals surface area (Å²) in [6, 6.07) is 18.1. The highest BCUT2D eigenvalue weighted by atomic mass is 35.5. The van der Waals surface area contributed by atoms with Crippen molar-refractivity contribution >= 4 is 52.5 Å². The highest BCUT2D eigenvalue weighted by molar-refractivity contribution is 8.05. The number of hydrogen-bond donors (Lipinski definition) is 1. The van der Waals surface area contributed by atoms with E-state index in [1.54, 1.807) is 30.3 Å². The van der Waals surface area contributed by atoms with Gasteiger partial charge in [-0.05, 0) is 65.9 Å². The second-order valence-corrected chi connectivity index (χ2v) is 10.6. The summed E-state index contributed by atoms with van der Waals surface area (Å²) in [5, 5.41) is 13.3. The molecule has 1 aromatic heterocycles. The first-order valence-corrected chi connectivity index (χ1v) is 12.9. The zero-order valence-corrected chi connectivity index (χ0v) is 22.0. The van der Waals surface area contributed by atoms with E-state index in [2.05, 4.69) is 19.2 Å². The fourth-order valence-corrected chi connectivity index (χ4v) is 5.72. The molecule has 6 nitrogen and oxygen atoms in total. The van der Waals surface area contributed by atoms with E-state index in [-0.39, 0.29) is 23.1 Å². The van der Waals surface area contributed by atoms with Gasteiger partial charge in [0.05, 0.1) is 18.1 Å². The molecule has 1 atom stereocenters. The van der Waals surface area contributed by atoms with Crippen LogP contribution in [0.2, 0.25) is 10.0 Å². The normalized spacial score (nSPS) is 16.8. The minimum Gasteiger partial charge on any atom is -0.467 e. The van der Waals surface area contributed by atoms with Crippen molar-refractivity contribution in [1.82, 2.24) is 5.32 Å². The molecular formula is C27H23Cl2N3O3S. The standard InChI is InChI=1S/C27H23Cl2N3O3S/c1-16(2)18-5-7-21(8-6-18)32-26(34)24(12-17-10-19(28)13-20(29)11-17)36-27(32)23(14-30)25(33)31-15-22-4-3-9-35-22/h3-11,13,16,24H,12,15H2,1-2H3,(H,31,33)/b27-23-. The number of amides is 2. The Hall–Kier alpha value is -3.18. The van der Waals surface area contributed by atoms with E-state index in [0.717, 1.165) is 11.1 Å². The van der Waals surface area contributed by atoms with Crippen LogP contribution in [-0.4, -0.2) is 17.1 Å². The summed E-state index contributed by atoms with van der Waals surface area (Å²) in [6.07, 6.45) is 1.84. The Bertz CT molecular complexity index is 1330. The van der Waals surface area contributed by atoms with Crippen LogP contribution >= 0.6 is 35.0 Å². The third kappa shape index (κ3) is 5.79. The summed E-state index contributed by atoms with van der Waals surface area (Å²) in [5.74, 6) is 0.0622. The van der Waals surface area contributed by atoms with Gasteiger partial charge in [0.1, 0.15) is 22.4 Å². The van der Waals surface area contributed by atoms with Crippen LogP contribution in [0.4, 0.5) is 5.69 Å². The van der Waals surface area contributed by atoms with Crippen molar-refractivity contribution in [2.24, 2.45) is 0 Å². The van der Waals surface area contributed by atoms with E-state index in [0.29, 0.717) is 33.8 Å². The summed E-state index contributed by atoms with van der Waals surface area (Å²) in [4.78, 5) is 28.1. The van der Waals surface area contributed by atoms with Gasteiger partial charge in [-0.3, -0.25) is 14.5 Å². The van der Waals surface area contributed by atoms with E-state index in [4.69, 9.17) is 27.6 Å². The van der Waals surface area contributed by atoms with Crippen molar-refractivity contribution in [3.8, 4) is 6.07 Å². The SMILES string of the molecule is CC(C)c1ccc(N2C(=O)C(Cc3cc(Cl)cc(Cl)c3)S/C2=C(/C#N)C(=O)NCc2ccco2)cc1. The van der Waals surface area contributed by atoms with Crippen LogP contribution in [0.1, 0.15) is 36.7 Å².